The summed E-state index contributed by atoms with van der Waals surface area (Å²) in [5.74, 6) is -0.987. The van der Waals surface area contributed by atoms with E-state index in [1.54, 1.807) is 54.6 Å². The third-order valence-corrected chi connectivity index (χ3v) is 5.89. The van der Waals surface area contributed by atoms with Crippen LogP contribution < -0.4 is 25.0 Å². The quantitative estimate of drug-likeness (QED) is 0.350. The van der Waals surface area contributed by atoms with Gasteiger partial charge in [-0.25, -0.2) is 4.90 Å². The van der Waals surface area contributed by atoms with Crippen molar-refractivity contribution in [3.8, 4) is 11.5 Å². The highest BCUT2D eigenvalue weighted by molar-refractivity contribution is 6.53. The van der Waals surface area contributed by atoms with Gasteiger partial charge in [-0.2, -0.15) is 0 Å². The van der Waals surface area contributed by atoms with Gasteiger partial charge in [0.1, 0.15) is 22.2 Å². The van der Waals surface area contributed by atoms with Crippen molar-refractivity contribution in [2.24, 2.45) is 0 Å². The Balaban J connectivity index is 1.56. The molecule has 3 amide bonds. The topological polar surface area (TPSA) is 97.0 Å². The molecule has 37 heavy (non-hydrogen) atoms. The molecule has 10 heteroatoms. The summed E-state index contributed by atoms with van der Waals surface area (Å²) in [6.45, 7) is 3.79. The van der Waals surface area contributed by atoms with Crippen molar-refractivity contribution in [1.29, 1.82) is 0 Å². The van der Waals surface area contributed by atoms with E-state index in [1.165, 1.54) is 13.2 Å². The lowest BCUT2D eigenvalue weighted by atomic mass is 10.1. The van der Waals surface area contributed by atoms with Crippen LogP contribution in [0.2, 0.25) is 5.02 Å². The number of ether oxygens (including phenoxy) is 2. The maximum atomic E-state index is 13.2. The molecule has 1 heterocycles. The molecule has 3 aromatic carbocycles. The van der Waals surface area contributed by atoms with Crippen LogP contribution in [0, 0.1) is 0 Å². The van der Waals surface area contributed by atoms with Crippen molar-refractivity contribution in [3.63, 3.8) is 0 Å². The lowest BCUT2D eigenvalue weighted by Crippen LogP contribution is -2.32. The van der Waals surface area contributed by atoms with Crippen LogP contribution in [0.5, 0.6) is 11.5 Å². The average molecular weight is 540 g/mol. The fourth-order valence-corrected chi connectivity index (χ4v) is 4.05. The van der Waals surface area contributed by atoms with Gasteiger partial charge in [-0.15, -0.1) is 0 Å². The molecular weight excluding hydrogens is 517 g/mol. The monoisotopic (exact) mass is 539 g/mol. The third kappa shape index (κ3) is 5.55. The molecule has 0 atom stereocenters. The Morgan fingerprint density at radius 3 is 2.41 bits per heavy atom. The van der Waals surface area contributed by atoms with E-state index in [0.29, 0.717) is 27.7 Å². The maximum Gasteiger partial charge on any atom is 0.283 e. The number of benzene rings is 3. The summed E-state index contributed by atoms with van der Waals surface area (Å²) >= 11 is 12.3. The van der Waals surface area contributed by atoms with Crippen LogP contribution in [0.15, 0.2) is 77.5 Å². The number of hydrogen-bond acceptors (Lipinski definition) is 6. The first-order chi connectivity index (χ1) is 17.7. The molecule has 190 valence electrons. The van der Waals surface area contributed by atoms with E-state index in [4.69, 9.17) is 32.7 Å². The number of halogens is 2. The molecule has 0 fully saturated rings. The van der Waals surface area contributed by atoms with Crippen molar-refractivity contribution in [1.82, 2.24) is 0 Å². The normalized spacial score (nSPS) is 13.3. The number of anilines is 3. The minimum Gasteiger partial charge on any atom is -0.495 e. The second-order valence-corrected chi connectivity index (χ2v) is 9.09. The van der Waals surface area contributed by atoms with Gasteiger partial charge in [0.05, 0.1) is 24.6 Å². The summed E-state index contributed by atoms with van der Waals surface area (Å²) in [6.07, 6.45) is -0.0679. The van der Waals surface area contributed by atoms with Crippen LogP contribution in [-0.4, -0.2) is 30.9 Å². The molecule has 4 rings (SSSR count). The summed E-state index contributed by atoms with van der Waals surface area (Å²) in [4.78, 5) is 39.9. The van der Waals surface area contributed by atoms with Crippen molar-refractivity contribution < 1.29 is 23.9 Å². The molecule has 0 aliphatic carbocycles. The number of imide groups is 1. The van der Waals surface area contributed by atoms with Crippen LogP contribution in [0.1, 0.15) is 24.2 Å². The zero-order valence-electron chi connectivity index (χ0n) is 20.2. The number of nitrogens with zero attached hydrogens (tertiary/aromatic N) is 1. The van der Waals surface area contributed by atoms with Crippen LogP contribution in [0.3, 0.4) is 0 Å². The Morgan fingerprint density at radius 2 is 1.68 bits per heavy atom. The first-order valence-corrected chi connectivity index (χ1v) is 12.0. The molecule has 1 aliphatic heterocycles. The summed E-state index contributed by atoms with van der Waals surface area (Å²) in [6, 6.07) is 18.1. The molecule has 0 unspecified atom stereocenters. The Kier molecular flexibility index (Phi) is 7.71. The highest BCUT2D eigenvalue weighted by Crippen LogP contribution is 2.37. The lowest BCUT2D eigenvalue weighted by molar-refractivity contribution is -0.120. The smallest absolute Gasteiger partial charge is 0.283 e. The molecule has 0 aromatic heterocycles. The number of carbonyl (C=O) groups excluding carboxylic acids is 3. The van der Waals surface area contributed by atoms with Crippen molar-refractivity contribution in [3.05, 3.63) is 88.0 Å². The van der Waals surface area contributed by atoms with Gasteiger partial charge >= 0.3 is 0 Å². The molecular formula is C27H23Cl2N3O5. The van der Waals surface area contributed by atoms with Crippen LogP contribution >= 0.6 is 23.2 Å². The molecule has 0 saturated heterocycles. The maximum absolute atomic E-state index is 13.2. The molecule has 3 aromatic rings. The Bertz CT molecular complexity index is 1420. The van der Waals surface area contributed by atoms with E-state index in [-0.39, 0.29) is 34.2 Å². The minimum absolute atomic E-state index is 0.0679. The molecule has 1 aliphatic rings. The number of methoxy groups -OCH3 is 1. The van der Waals surface area contributed by atoms with Gasteiger partial charge in [0.15, 0.2) is 0 Å². The van der Waals surface area contributed by atoms with Crippen molar-refractivity contribution in [2.45, 2.75) is 20.0 Å². The number of nitrogens with one attached hydrogen (secondary N) is 2. The number of rotatable bonds is 8. The summed E-state index contributed by atoms with van der Waals surface area (Å²) in [7, 11) is 1.41. The van der Waals surface area contributed by atoms with Gasteiger partial charge < -0.3 is 20.1 Å². The van der Waals surface area contributed by atoms with E-state index < -0.39 is 11.8 Å². The fourth-order valence-electron chi connectivity index (χ4n) is 3.67. The summed E-state index contributed by atoms with van der Waals surface area (Å²) in [5, 5.41) is 5.72. The minimum atomic E-state index is -0.731. The van der Waals surface area contributed by atoms with Crippen LogP contribution in [-0.2, 0) is 9.59 Å². The standard InChI is InChI=1S/C27H23Cl2N3O5/c1-15(2)37-21-10-5-4-9-19(21)31-25(33)16-7-6-8-18(13-16)30-24-23(29)26(34)32(27(24)35)20-14-17(28)11-12-22(20)36-3/h4-15,30H,1-3H3,(H,31,33). The van der Waals surface area contributed by atoms with Gasteiger partial charge in [0.25, 0.3) is 17.7 Å². The van der Waals surface area contributed by atoms with E-state index >= 15 is 0 Å². The second kappa shape index (κ2) is 10.9. The molecule has 0 bridgehead atoms. The molecule has 0 saturated carbocycles. The van der Waals surface area contributed by atoms with Crippen molar-refractivity contribution in [2.75, 3.05) is 22.6 Å². The molecule has 0 radical (unpaired) electrons. The Hall–Kier alpha value is -4.01. The van der Waals surface area contributed by atoms with Crippen LogP contribution in [0.25, 0.3) is 0 Å². The predicted molar refractivity (Wildman–Crippen MR) is 144 cm³/mol. The highest BCUT2D eigenvalue weighted by atomic mass is 35.5. The van der Waals surface area contributed by atoms with Gasteiger partial charge in [-0.05, 0) is 62.4 Å². The molecule has 2 N–H and O–H groups in total. The molecule has 0 spiro atoms. The zero-order valence-corrected chi connectivity index (χ0v) is 21.7. The van der Waals surface area contributed by atoms with E-state index in [1.807, 2.05) is 19.9 Å². The van der Waals surface area contributed by atoms with Crippen molar-refractivity contribution >= 4 is 58.0 Å². The predicted octanol–water partition coefficient (Wildman–Crippen LogP) is 5.82. The Labute approximate surface area is 223 Å². The van der Waals surface area contributed by atoms with E-state index in [0.717, 1.165) is 4.90 Å². The number of hydrogen-bond donors (Lipinski definition) is 2. The largest absolute Gasteiger partial charge is 0.495 e. The molecule has 8 nitrogen and oxygen atoms in total. The van der Waals surface area contributed by atoms with Gasteiger partial charge in [0, 0.05) is 16.3 Å². The van der Waals surface area contributed by atoms with E-state index in [2.05, 4.69) is 10.6 Å². The lowest BCUT2D eigenvalue weighted by Gasteiger charge is -2.18. The van der Waals surface area contributed by atoms with Gasteiger partial charge in [0.2, 0.25) is 0 Å². The highest BCUT2D eigenvalue weighted by Gasteiger charge is 2.40. The van der Waals surface area contributed by atoms with Crippen LogP contribution in [0.4, 0.5) is 17.1 Å². The average Bonchev–Trinajstić information content (AvgIpc) is 3.08. The number of carbonyl (C=O) groups is 3. The number of para-hydroxylation sites is 2. The van der Waals surface area contributed by atoms with Gasteiger partial charge in [-0.1, -0.05) is 41.4 Å². The third-order valence-electron chi connectivity index (χ3n) is 5.30. The first-order valence-electron chi connectivity index (χ1n) is 11.3. The second-order valence-electron chi connectivity index (χ2n) is 8.27. The Morgan fingerprint density at radius 1 is 0.919 bits per heavy atom. The summed E-state index contributed by atoms with van der Waals surface area (Å²) < 4.78 is 11.0. The first kappa shape index (κ1) is 26.1. The van der Waals surface area contributed by atoms with E-state index in [9.17, 15) is 14.4 Å². The summed E-state index contributed by atoms with van der Waals surface area (Å²) in [5.41, 5.74) is 1.24. The SMILES string of the molecule is COc1ccc(Cl)cc1N1C(=O)C(Cl)=C(Nc2cccc(C(=O)Nc3ccccc3OC(C)C)c2)C1=O. The van der Waals surface area contributed by atoms with Gasteiger partial charge in [-0.3, -0.25) is 14.4 Å². The fraction of sp³-hybridized carbons (Fsp3) is 0.148. The number of amides is 3. The zero-order chi connectivity index (χ0) is 26.7.